The first-order chi connectivity index (χ1) is 29.8. The predicted octanol–water partition coefficient (Wildman–Crippen LogP) is 13.2. The van der Waals surface area contributed by atoms with Crippen molar-refractivity contribution in [3.8, 4) is 62.1 Å². The maximum absolute atomic E-state index is 8.62. The zero-order valence-electron chi connectivity index (χ0n) is 34.8. The molecule has 0 saturated carbocycles. The van der Waals surface area contributed by atoms with Gasteiger partial charge in [0.15, 0.2) is 17.5 Å². The summed E-state index contributed by atoms with van der Waals surface area (Å²) in [5.41, 5.74) is 9.72. The fourth-order valence-electron chi connectivity index (χ4n) is 7.75. The maximum atomic E-state index is 8.62. The molecule has 11 rings (SSSR count). The Bertz CT molecular complexity index is 3460. The fraction of sp³-hybridized carbons (Fsp3) is 0. The highest BCUT2D eigenvalue weighted by Crippen LogP contribution is 2.40. The van der Waals surface area contributed by atoms with Gasteiger partial charge in [0.1, 0.15) is 11.2 Å². The van der Waals surface area contributed by atoms with Crippen LogP contribution in [0.4, 0.5) is 0 Å². The molecule has 0 radical (unpaired) electrons. The molecule has 0 atom stereocenters. The summed E-state index contributed by atoms with van der Waals surface area (Å²) in [7, 11) is 0. The van der Waals surface area contributed by atoms with Gasteiger partial charge in [-0.05, 0) is 70.8 Å². The minimum Gasteiger partial charge on any atom is -0.456 e. The van der Waals surface area contributed by atoms with Crippen molar-refractivity contribution < 1.29 is 11.3 Å². The molecule has 56 heavy (non-hydrogen) atoms. The van der Waals surface area contributed by atoms with E-state index in [0.29, 0.717) is 23.0 Å². The van der Waals surface area contributed by atoms with Gasteiger partial charge in [0.2, 0.25) is 0 Å². The van der Waals surface area contributed by atoms with Crippen molar-refractivity contribution in [1.82, 2.24) is 19.5 Å². The Hall–Kier alpha value is -7.63. The maximum Gasteiger partial charge on any atom is 0.164 e. The Morgan fingerprint density at radius 3 is 1.80 bits per heavy atom. The molecule has 0 aliphatic rings. The summed E-state index contributed by atoms with van der Waals surface area (Å²) in [6.45, 7) is 0. The Kier molecular flexibility index (Phi) is 6.29. The lowest BCUT2D eigenvalue weighted by atomic mass is 10.00. The monoisotopic (exact) mass is 721 g/mol. The van der Waals surface area contributed by atoms with Crippen molar-refractivity contribution >= 4 is 43.7 Å². The number of para-hydroxylation sites is 1. The van der Waals surface area contributed by atoms with Gasteiger partial charge in [-0.25, -0.2) is 15.0 Å². The molecular weight excluding hydrogens is 685 g/mol. The Morgan fingerprint density at radius 1 is 0.411 bits per heavy atom. The third-order valence-corrected chi connectivity index (χ3v) is 10.3. The van der Waals surface area contributed by atoms with E-state index in [1.54, 1.807) is 0 Å². The first-order valence-electron chi connectivity index (χ1n) is 20.9. The van der Waals surface area contributed by atoms with Crippen LogP contribution in [0.5, 0.6) is 0 Å². The van der Waals surface area contributed by atoms with Crippen LogP contribution in [0, 0.1) is 0 Å². The van der Waals surface area contributed by atoms with Crippen molar-refractivity contribution in [3.05, 3.63) is 194 Å². The number of nitrogens with zero attached hydrogens (tertiary/aromatic N) is 4. The standard InChI is InChI=1S/C51H32N4O/c1-4-14-33(15-5-1)37-26-28-45-42(31-37)40-22-10-11-24-44(40)55(45)39-21-12-20-36(30-39)38-27-29-46-43(32-38)48-41(23-13-25-47(48)56-46)51-53-49(34-16-6-2-7-17-34)52-50(54-51)35-18-8-3-9-19-35/h1-32H/i1D,4D,5D,14D,15D. The average molecular weight is 722 g/mol. The molecule has 262 valence electrons. The van der Waals surface area contributed by atoms with Crippen LogP contribution >= 0.6 is 0 Å². The van der Waals surface area contributed by atoms with Gasteiger partial charge in [-0.15, -0.1) is 0 Å². The molecule has 8 aromatic carbocycles. The lowest BCUT2D eigenvalue weighted by Crippen LogP contribution is -2.00. The van der Waals surface area contributed by atoms with Crippen molar-refractivity contribution in [2.45, 2.75) is 0 Å². The van der Waals surface area contributed by atoms with Crippen LogP contribution in [0.1, 0.15) is 6.85 Å². The van der Waals surface area contributed by atoms with Crippen molar-refractivity contribution in [1.29, 1.82) is 0 Å². The number of benzene rings is 8. The van der Waals surface area contributed by atoms with Crippen molar-refractivity contribution in [2.75, 3.05) is 0 Å². The highest BCUT2D eigenvalue weighted by atomic mass is 16.3. The number of fused-ring (bicyclic) bond motifs is 6. The molecule has 0 aliphatic carbocycles. The summed E-state index contributed by atoms with van der Waals surface area (Å²) >= 11 is 0. The SMILES string of the molecule is [2H]c1c([2H])c([2H])c(-c2ccc3c(c2)c2ccccc2n3-c2cccc(-c3ccc4oc5cccc(-c6nc(-c7ccccc7)nc(-c7ccccc7)n6)c5c4c3)c2)c([2H])c1[2H]. The third kappa shape index (κ3) is 5.37. The van der Waals surface area contributed by atoms with Crippen LogP contribution in [-0.2, 0) is 0 Å². The van der Waals surface area contributed by atoms with E-state index in [1.165, 1.54) is 0 Å². The quantitative estimate of drug-likeness (QED) is 0.172. The lowest BCUT2D eigenvalue weighted by molar-refractivity contribution is 0.669. The molecule has 0 fully saturated rings. The van der Waals surface area contributed by atoms with Crippen LogP contribution < -0.4 is 0 Å². The van der Waals surface area contributed by atoms with Gasteiger partial charge in [-0.3, -0.25) is 0 Å². The third-order valence-electron chi connectivity index (χ3n) is 10.3. The van der Waals surface area contributed by atoms with Gasteiger partial charge in [-0.1, -0.05) is 145 Å². The highest BCUT2D eigenvalue weighted by Gasteiger charge is 2.19. The molecule has 0 spiro atoms. The summed E-state index contributed by atoms with van der Waals surface area (Å²) < 4.78 is 50.5. The normalized spacial score (nSPS) is 12.8. The second kappa shape index (κ2) is 13.0. The fourth-order valence-corrected chi connectivity index (χ4v) is 7.75. The minimum absolute atomic E-state index is 0.181. The average Bonchev–Trinajstić information content (AvgIpc) is 3.86. The molecule has 0 amide bonds. The van der Waals surface area contributed by atoms with Gasteiger partial charge in [0, 0.05) is 43.9 Å². The van der Waals surface area contributed by atoms with Gasteiger partial charge >= 0.3 is 0 Å². The number of furan rings is 1. The van der Waals surface area contributed by atoms with Crippen molar-refractivity contribution in [2.24, 2.45) is 0 Å². The van der Waals surface area contributed by atoms with Crippen LogP contribution in [0.3, 0.4) is 0 Å². The number of hydrogen-bond acceptors (Lipinski definition) is 4. The van der Waals surface area contributed by atoms with E-state index in [-0.39, 0.29) is 29.7 Å². The van der Waals surface area contributed by atoms with E-state index in [4.69, 9.17) is 26.2 Å². The van der Waals surface area contributed by atoms with Gasteiger partial charge in [0.25, 0.3) is 0 Å². The summed E-state index contributed by atoms with van der Waals surface area (Å²) in [5.74, 6) is 1.72. The molecule has 0 aliphatic heterocycles. The minimum atomic E-state index is -0.408. The molecule has 5 nitrogen and oxygen atoms in total. The summed E-state index contributed by atoms with van der Waals surface area (Å²) in [5, 5.41) is 3.75. The van der Waals surface area contributed by atoms with Crippen LogP contribution in [0.15, 0.2) is 198 Å². The smallest absolute Gasteiger partial charge is 0.164 e. The van der Waals surface area contributed by atoms with E-state index < -0.39 is 6.04 Å². The summed E-state index contributed by atoms with van der Waals surface area (Å²) in [6, 6.07) is 52.8. The van der Waals surface area contributed by atoms with E-state index in [2.05, 4.69) is 53.1 Å². The summed E-state index contributed by atoms with van der Waals surface area (Å²) in [6.07, 6.45) is 0. The van der Waals surface area contributed by atoms with Gasteiger partial charge in [-0.2, -0.15) is 0 Å². The van der Waals surface area contributed by atoms with Crippen LogP contribution in [-0.4, -0.2) is 19.5 Å². The first-order valence-corrected chi connectivity index (χ1v) is 18.4. The Morgan fingerprint density at radius 2 is 1.02 bits per heavy atom. The van der Waals surface area contributed by atoms with Crippen LogP contribution in [0.2, 0.25) is 0 Å². The summed E-state index contributed by atoms with van der Waals surface area (Å²) in [4.78, 5) is 15.0. The van der Waals surface area contributed by atoms with E-state index in [0.717, 1.165) is 77.2 Å². The second-order valence-corrected chi connectivity index (χ2v) is 13.7. The molecule has 0 saturated heterocycles. The molecular formula is C51H32N4O. The first kappa shape index (κ1) is 27.0. The van der Waals surface area contributed by atoms with Gasteiger partial charge < -0.3 is 8.98 Å². The zero-order valence-corrected chi connectivity index (χ0v) is 29.8. The van der Waals surface area contributed by atoms with Crippen LogP contribution in [0.25, 0.3) is 106 Å². The van der Waals surface area contributed by atoms with E-state index in [1.807, 2.05) is 115 Å². The molecule has 0 unspecified atom stereocenters. The Balaban J connectivity index is 1.05. The van der Waals surface area contributed by atoms with E-state index >= 15 is 0 Å². The predicted molar refractivity (Wildman–Crippen MR) is 229 cm³/mol. The molecule has 3 heterocycles. The largest absolute Gasteiger partial charge is 0.456 e. The molecule has 3 aromatic heterocycles. The molecule has 0 bridgehead atoms. The molecule has 5 heteroatoms. The van der Waals surface area contributed by atoms with Gasteiger partial charge in [0.05, 0.1) is 17.9 Å². The second-order valence-electron chi connectivity index (χ2n) is 13.7. The lowest BCUT2D eigenvalue weighted by Gasteiger charge is -2.11. The molecule has 11 aromatic rings. The Labute approximate surface area is 329 Å². The number of aromatic nitrogens is 4. The van der Waals surface area contributed by atoms with E-state index in [9.17, 15) is 0 Å². The highest BCUT2D eigenvalue weighted by molar-refractivity contribution is 6.13. The topological polar surface area (TPSA) is 56.7 Å². The zero-order chi connectivity index (χ0) is 41.4. The molecule has 0 N–H and O–H groups in total. The number of hydrogen-bond donors (Lipinski definition) is 0. The number of rotatable bonds is 6. The van der Waals surface area contributed by atoms with Crippen molar-refractivity contribution in [3.63, 3.8) is 0 Å².